The van der Waals surface area contributed by atoms with Crippen LogP contribution in [0, 0.1) is 43.2 Å². The van der Waals surface area contributed by atoms with E-state index in [2.05, 4.69) is 179 Å². The molecule has 9 aromatic carbocycles. The van der Waals surface area contributed by atoms with E-state index < -0.39 is 0 Å². The van der Waals surface area contributed by atoms with Crippen molar-refractivity contribution in [1.29, 1.82) is 0 Å². The van der Waals surface area contributed by atoms with Crippen LogP contribution in [0.5, 0.6) is 0 Å². The van der Waals surface area contributed by atoms with E-state index in [1.165, 1.54) is 87.4 Å². The van der Waals surface area contributed by atoms with Gasteiger partial charge < -0.3 is 13.2 Å². The fourth-order valence-electron chi connectivity index (χ4n) is 10.4. The first-order valence-electron chi connectivity index (χ1n) is 19.5. The Bertz CT molecular complexity index is 3950. The van der Waals surface area contributed by atoms with Gasteiger partial charge in [-0.1, -0.05) is 127 Å². The Morgan fingerprint density at radius 3 is 1.64 bits per heavy atom. The third kappa shape index (κ3) is 3.99. The third-order valence-corrected chi connectivity index (χ3v) is 12.5. The topological polar surface area (TPSA) is 22.0 Å². The molecule has 58 heavy (non-hydrogen) atoms. The van der Waals surface area contributed by atoms with Gasteiger partial charge in [0.2, 0.25) is 0 Å². The van der Waals surface area contributed by atoms with E-state index in [1.807, 2.05) is 12.1 Å². The average molecular weight is 959 g/mol. The zero-order valence-electron chi connectivity index (χ0n) is 31.0. The molecule has 0 aliphatic rings. The largest absolute Gasteiger partial charge is 2.00 e. The molecule has 4 heteroatoms. The molecule has 5 aromatic heterocycles. The van der Waals surface area contributed by atoms with E-state index in [0.29, 0.717) is 0 Å². The fourth-order valence-corrected chi connectivity index (χ4v) is 10.4. The first-order valence-corrected chi connectivity index (χ1v) is 19.5. The van der Waals surface area contributed by atoms with Crippen LogP contribution in [-0.4, -0.2) is 8.80 Å². The van der Waals surface area contributed by atoms with E-state index in [-0.39, 0.29) is 31.1 Å². The summed E-state index contributed by atoms with van der Waals surface area (Å²) in [5, 5.41) is 12.1. The van der Waals surface area contributed by atoms with Gasteiger partial charge in [-0.25, -0.2) is 11.1 Å². The minimum absolute atomic E-state index is 0. The predicted molar refractivity (Wildman–Crippen MR) is 237 cm³/mol. The zero-order valence-corrected chi connectivity index (χ0v) is 35.1. The molecule has 0 N–H and O–H groups in total. The molecule has 0 spiro atoms. The van der Waals surface area contributed by atoms with E-state index in [9.17, 15) is 0 Å². The minimum atomic E-state index is 0. The van der Waals surface area contributed by atoms with Crippen LogP contribution < -0.4 is 0 Å². The Kier molecular flexibility index (Phi) is 6.58. The van der Waals surface area contributed by atoms with Crippen molar-refractivity contribution in [2.24, 2.45) is 0 Å². The van der Waals surface area contributed by atoms with Gasteiger partial charge in [0.1, 0.15) is 5.58 Å². The normalized spacial score (nSPS) is 12.3. The Labute approximate surface area is 355 Å². The summed E-state index contributed by atoms with van der Waals surface area (Å²) in [6.07, 6.45) is 0. The standard InChI is InChI=1S/C54H28N2O.U/c1-4-14-31(15-5-1)34-26-27-35-37-21-12-23-41-47-46(33-18-8-3-9-19-33)53-48(45(32-16-6-2-7-17-32)52(47)55(49(37)41)43(35)30-34)42-24-13-22-38-39-28-29-40-36-20-10-11-25-44(36)57-54(40)51(39)56(53)50(38)42;/h1-14,16-29H;/q-2;+2. The maximum atomic E-state index is 6.88. The maximum Gasteiger partial charge on any atom is 2.00 e. The van der Waals surface area contributed by atoms with Crippen LogP contribution in [0.15, 0.2) is 174 Å². The van der Waals surface area contributed by atoms with E-state index in [4.69, 9.17) is 4.42 Å². The molecule has 0 aliphatic heterocycles. The van der Waals surface area contributed by atoms with Gasteiger partial charge in [0.15, 0.2) is 5.58 Å². The predicted octanol–water partition coefficient (Wildman–Crippen LogP) is 14.5. The van der Waals surface area contributed by atoms with Crippen LogP contribution in [0.3, 0.4) is 0 Å². The molecule has 0 saturated carbocycles. The maximum absolute atomic E-state index is 6.88. The summed E-state index contributed by atoms with van der Waals surface area (Å²) < 4.78 is 12.0. The van der Waals surface area contributed by atoms with E-state index in [1.54, 1.807) is 0 Å². The van der Waals surface area contributed by atoms with Crippen LogP contribution in [0.2, 0.25) is 0 Å². The second-order valence-corrected chi connectivity index (χ2v) is 15.4. The van der Waals surface area contributed by atoms with Gasteiger partial charge in [-0.05, 0) is 34.2 Å². The molecule has 0 fully saturated rings. The Morgan fingerprint density at radius 2 is 0.931 bits per heavy atom. The molecule has 5 heterocycles. The molecule has 0 amide bonds. The van der Waals surface area contributed by atoms with Crippen LogP contribution in [0.25, 0.3) is 132 Å². The molecule has 0 unspecified atom stereocenters. The smallest absolute Gasteiger partial charge is 0.454 e. The zero-order chi connectivity index (χ0) is 36.9. The first kappa shape index (κ1) is 32.5. The van der Waals surface area contributed by atoms with Crippen molar-refractivity contribution in [1.82, 2.24) is 8.80 Å². The molecule has 0 atom stereocenters. The quantitative estimate of drug-likeness (QED) is 0.162. The molecule has 0 aliphatic carbocycles. The van der Waals surface area contributed by atoms with Crippen LogP contribution in [0.1, 0.15) is 0 Å². The van der Waals surface area contributed by atoms with Crippen LogP contribution in [-0.2, 0) is 0 Å². The van der Waals surface area contributed by atoms with Crippen molar-refractivity contribution in [3.8, 4) is 33.4 Å². The summed E-state index contributed by atoms with van der Waals surface area (Å²) in [6.45, 7) is 0. The summed E-state index contributed by atoms with van der Waals surface area (Å²) in [5.74, 6) is 0. The molecule has 0 saturated heterocycles. The number of aromatic nitrogens is 2. The summed E-state index contributed by atoms with van der Waals surface area (Å²) in [7, 11) is 0. The number of hydrogen-bond acceptors (Lipinski definition) is 1. The van der Waals surface area contributed by atoms with Gasteiger partial charge in [0, 0.05) is 54.2 Å². The molecule has 0 radical (unpaired) electrons. The molecule has 14 aromatic rings. The van der Waals surface area contributed by atoms with Crippen molar-refractivity contribution in [3.63, 3.8) is 0 Å². The first-order chi connectivity index (χ1) is 28.3. The van der Waals surface area contributed by atoms with Gasteiger partial charge in [-0.2, -0.15) is 36.4 Å². The van der Waals surface area contributed by atoms with Gasteiger partial charge >= 0.3 is 31.1 Å². The van der Waals surface area contributed by atoms with Crippen molar-refractivity contribution in [2.45, 2.75) is 0 Å². The monoisotopic (exact) mass is 958 g/mol. The molecule has 0 bridgehead atoms. The van der Waals surface area contributed by atoms with Crippen molar-refractivity contribution < 1.29 is 35.5 Å². The number of furan rings is 1. The summed E-state index contributed by atoms with van der Waals surface area (Å²) in [4.78, 5) is 0. The van der Waals surface area contributed by atoms with Crippen LogP contribution >= 0.6 is 0 Å². The third-order valence-electron chi connectivity index (χ3n) is 12.5. The Morgan fingerprint density at radius 1 is 0.379 bits per heavy atom. The average Bonchev–Trinajstić information content (AvgIpc) is 4.08. The van der Waals surface area contributed by atoms with Gasteiger partial charge in [0.25, 0.3) is 0 Å². The summed E-state index contributed by atoms with van der Waals surface area (Å²) in [5.41, 5.74) is 15.7. The molecule has 14 rings (SSSR count). The van der Waals surface area contributed by atoms with Gasteiger partial charge in [-0.15, -0.1) is 12.1 Å². The second kappa shape index (κ2) is 11.7. The molecular formula is C54H28N2OU. The molecular weight excluding hydrogens is 931 g/mol. The number of hydrogen-bond donors (Lipinski definition) is 0. The molecule has 3 nitrogen and oxygen atoms in total. The number of rotatable bonds is 3. The number of para-hydroxylation sites is 3. The Hall–Kier alpha value is -6.57. The second-order valence-electron chi connectivity index (χ2n) is 15.4. The van der Waals surface area contributed by atoms with E-state index >= 15 is 0 Å². The Balaban J connectivity index is 0.00000350. The van der Waals surface area contributed by atoms with Crippen molar-refractivity contribution in [2.75, 3.05) is 0 Å². The van der Waals surface area contributed by atoms with E-state index in [0.717, 1.165) is 44.1 Å². The summed E-state index contributed by atoms with van der Waals surface area (Å²) in [6, 6.07) is 68.7. The number of nitrogens with zero attached hydrogens (tertiary/aromatic N) is 2. The SMILES string of the molecule is [U+2].[c-]1ccccc1-c1[c-]c2c(cc1)c1cccc3c4c(-c5ccccc5)c5c(c(-c6ccccc6)c4n2c13)c1cccc2c3ccc4c6ccccc6oc4c3n5c21. The minimum Gasteiger partial charge on any atom is -0.454 e. The summed E-state index contributed by atoms with van der Waals surface area (Å²) >= 11 is 0. The number of fused-ring (bicyclic) bond motifs is 16. The number of benzene rings is 9. The van der Waals surface area contributed by atoms with Gasteiger partial charge in [0.05, 0.1) is 27.6 Å². The van der Waals surface area contributed by atoms with Crippen molar-refractivity contribution in [3.05, 3.63) is 182 Å². The van der Waals surface area contributed by atoms with Gasteiger partial charge in [-0.3, -0.25) is 0 Å². The van der Waals surface area contributed by atoms with Crippen LogP contribution in [0.4, 0.5) is 0 Å². The molecule has 264 valence electrons. The fraction of sp³-hybridized carbons (Fsp3) is 0. The van der Waals surface area contributed by atoms with Crippen molar-refractivity contribution >= 4 is 98.1 Å².